The Bertz CT molecular complexity index is 1390. The number of nitro groups is 1. The first kappa shape index (κ1) is 24.3. The molecule has 1 N–H and O–H groups in total. The molecule has 0 atom stereocenters. The first-order valence-electron chi connectivity index (χ1n) is 10.6. The van der Waals surface area contributed by atoms with Crippen LogP contribution in [0, 0.1) is 10.1 Å². The molecule has 3 aromatic carbocycles. The minimum atomic E-state index is -0.730. The third-order valence-corrected chi connectivity index (χ3v) is 5.32. The molecule has 0 aliphatic carbocycles. The smallest absolute Gasteiger partial charge is 0.270 e. The van der Waals surface area contributed by atoms with Gasteiger partial charge in [0.15, 0.2) is 5.11 Å². The van der Waals surface area contributed by atoms with E-state index in [9.17, 15) is 19.7 Å². The average Bonchev–Trinajstić information content (AvgIpc) is 2.87. The van der Waals surface area contributed by atoms with Gasteiger partial charge in [-0.25, -0.2) is 0 Å². The molecule has 2 amide bonds. The molecule has 0 saturated carbocycles. The predicted molar refractivity (Wildman–Crippen MR) is 138 cm³/mol. The zero-order valence-electron chi connectivity index (χ0n) is 18.7. The average molecular weight is 502 g/mol. The highest BCUT2D eigenvalue weighted by molar-refractivity contribution is 7.80. The lowest BCUT2D eigenvalue weighted by Gasteiger charge is -2.29. The summed E-state index contributed by atoms with van der Waals surface area (Å²) < 4.78 is 11.3. The number of amides is 2. The van der Waals surface area contributed by atoms with Crippen molar-refractivity contribution in [3.63, 3.8) is 0 Å². The predicted octanol–water partition coefficient (Wildman–Crippen LogP) is 4.78. The zero-order chi connectivity index (χ0) is 25.7. The van der Waals surface area contributed by atoms with Crippen molar-refractivity contribution in [1.29, 1.82) is 0 Å². The molecule has 180 valence electrons. The highest BCUT2D eigenvalue weighted by Crippen LogP contribution is 2.30. The molecule has 0 spiro atoms. The molecule has 0 unspecified atom stereocenters. The number of thiocarbonyl (C=S) groups is 1. The Morgan fingerprint density at radius 2 is 1.72 bits per heavy atom. The highest BCUT2D eigenvalue weighted by Gasteiger charge is 2.35. The summed E-state index contributed by atoms with van der Waals surface area (Å²) >= 11 is 5.25. The van der Waals surface area contributed by atoms with Crippen LogP contribution in [0.2, 0.25) is 0 Å². The van der Waals surface area contributed by atoms with Crippen LogP contribution in [0.15, 0.2) is 91.0 Å². The summed E-state index contributed by atoms with van der Waals surface area (Å²) in [5, 5.41) is 13.7. The standard InChI is InChI=1S/C26H19N3O6S/c1-2-14-34-23-13-10-19(29(32)33)15-17(23)16-22-24(30)27-26(36)28(25(22)31)18-8-11-21(12-9-18)35-20-6-4-3-5-7-20/h2-13,15-16H,1,14H2,(H,27,30,36). The maximum absolute atomic E-state index is 13.4. The number of rotatable bonds is 8. The zero-order valence-corrected chi connectivity index (χ0v) is 19.6. The lowest BCUT2D eigenvalue weighted by molar-refractivity contribution is -0.384. The van der Waals surface area contributed by atoms with E-state index in [4.69, 9.17) is 21.7 Å². The number of nitrogens with zero attached hydrogens (tertiary/aromatic N) is 2. The number of ether oxygens (including phenoxy) is 2. The monoisotopic (exact) mass is 501 g/mol. The van der Waals surface area contributed by atoms with E-state index < -0.39 is 16.7 Å². The molecule has 1 fully saturated rings. The van der Waals surface area contributed by atoms with Crippen molar-refractivity contribution < 1.29 is 24.0 Å². The summed E-state index contributed by atoms with van der Waals surface area (Å²) in [7, 11) is 0. The molecule has 0 bridgehead atoms. The number of hydrogen-bond acceptors (Lipinski definition) is 7. The van der Waals surface area contributed by atoms with E-state index in [1.165, 1.54) is 30.4 Å². The van der Waals surface area contributed by atoms with Crippen LogP contribution in [0.25, 0.3) is 6.08 Å². The Morgan fingerprint density at radius 3 is 2.39 bits per heavy atom. The lowest BCUT2D eigenvalue weighted by Crippen LogP contribution is -2.54. The van der Waals surface area contributed by atoms with Crippen molar-refractivity contribution in [2.45, 2.75) is 0 Å². The van der Waals surface area contributed by atoms with Crippen molar-refractivity contribution >= 4 is 46.6 Å². The molecule has 0 aromatic heterocycles. The quantitative estimate of drug-likeness (QED) is 0.118. The Labute approximate surface area is 211 Å². The summed E-state index contributed by atoms with van der Waals surface area (Å²) in [6.45, 7) is 3.70. The molecule has 1 aliphatic rings. The number of nitrogens with one attached hydrogen (secondary N) is 1. The number of para-hydroxylation sites is 1. The van der Waals surface area contributed by atoms with E-state index in [2.05, 4.69) is 11.9 Å². The fourth-order valence-corrected chi connectivity index (χ4v) is 3.66. The summed E-state index contributed by atoms with van der Waals surface area (Å²) in [6, 6.07) is 19.7. The first-order chi connectivity index (χ1) is 17.4. The van der Waals surface area contributed by atoms with Gasteiger partial charge >= 0.3 is 0 Å². The second-order valence-electron chi connectivity index (χ2n) is 7.45. The van der Waals surface area contributed by atoms with Gasteiger partial charge in [0.2, 0.25) is 0 Å². The second-order valence-corrected chi connectivity index (χ2v) is 7.83. The van der Waals surface area contributed by atoms with Gasteiger partial charge in [-0.15, -0.1) is 0 Å². The topological polar surface area (TPSA) is 111 Å². The molecule has 1 heterocycles. The Balaban J connectivity index is 1.66. The molecule has 1 aliphatic heterocycles. The first-order valence-corrected chi connectivity index (χ1v) is 11.0. The summed E-state index contributed by atoms with van der Waals surface area (Å²) in [5.74, 6) is 0.0169. The number of benzene rings is 3. The van der Waals surface area contributed by atoms with Crippen molar-refractivity contribution in [3.8, 4) is 17.2 Å². The summed E-state index contributed by atoms with van der Waals surface area (Å²) in [6.07, 6.45) is 2.74. The number of non-ortho nitro benzene ring substituents is 1. The molecule has 3 aromatic rings. The molecular weight excluding hydrogens is 482 g/mol. The van der Waals surface area contributed by atoms with E-state index in [0.29, 0.717) is 17.2 Å². The van der Waals surface area contributed by atoms with Crippen LogP contribution in [0.5, 0.6) is 17.2 Å². The molecule has 4 rings (SSSR count). The van der Waals surface area contributed by atoms with Crippen LogP contribution in [0.3, 0.4) is 0 Å². The van der Waals surface area contributed by atoms with Crippen molar-refractivity contribution in [1.82, 2.24) is 5.32 Å². The Kier molecular flexibility index (Phi) is 7.17. The van der Waals surface area contributed by atoms with Crippen LogP contribution in [0.1, 0.15) is 5.56 Å². The van der Waals surface area contributed by atoms with Gasteiger partial charge in [-0.05, 0) is 60.8 Å². The normalized spacial score (nSPS) is 14.4. The number of hydrogen-bond donors (Lipinski definition) is 1. The Hall–Kier alpha value is -4.83. The largest absolute Gasteiger partial charge is 0.489 e. The third-order valence-electron chi connectivity index (χ3n) is 5.04. The van der Waals surface area contributed by atoms with Gasteiger partial charge in [0.25, 0.3) is 17.5 Å². The number of carbonyl (C=O) groups is 2. The van der Waals surface area contributed by atoms with Crippen molar-refractivity contribution in [2.75, 3.05) is 11.5 Å². The van der Waals surface area contributed by atoms with Gasteiger partial charge in [0, 0.05) is 17.7 Å². The molecule has 0 radical (unpaired) electrons. The maximum Gasteiger partial charge on any atom is 0.270 e. The van der Waals surface area contributed by atoms with Gasteiger partial charge in [-0.2, -0.15) is 0 Å². The summed E-state index contributed by atoms with van der Waals surface area (Å²) in [4.78, 5) is 37.9. The van der Waals surface area contributed by atoms with Crippen LogP contribution < -0.4 is 19.7 Å². The fourth-order valence-electron chi connectivity index (χ4n) is 3.38. The molecule has 36 heavy (non-hydrogen) atoms. The fraction of sp³-hybridized carbons (Fsp3) is 0.0385. The van der Waals surface area contributed by atoms with Crippen LogP contribution in [-0.2, 0) is 9.59 Å². The van der Waals surface area contributed by atoms with Crippen molar-refractivity contribution in [2.24, 2.45) is 0 Å². The van der Waals surface area contributed by atoms with Gasteiger partial charge in [-0.3, -0.25) is 29.9 Å². The van der Waals surface area contributed by atoms with Gasteiger partial charge in [0.05, 0.1) is 10.6 Å². The van der Waals surface area contributed by atoms with E-state index >= 15 is 0 Å². The van der Waals surface area contributed by atoms with Crippen molar-refractivity contribution in [3.05, 3.63) is 107 Å². The van der Waals surface area contributed by atoms with E-state index in [1.807, 2.05) is 30.3 Å². The SMILES string of the molecule is C=CCOc1ccc([N+](=O)[O-])cc1C=C1C(=O)NC(=S)N(c2ccc(Oc3ccccc3)cc2)C1=O. The second kappa shape index (κ2) is 10.6. The van der Waals surface area contributed by atoms with Crippen LogP contribution >= 0.6 is 12.2 Å². The third kappa shape index (κ3) is 5.29. The number of anilines is 1. The van der Waals surface area contributed by atoms with E-state index in [0.717, 1.165) is 4.90 Å². The number of carbonyl (C=O) groups excluding carboxylic acids is 2. The maximum atomic E-state index is 13.4. The molecule has 9 nitrogen and oxygen atoms in total. The molecular formula is C26H19N3O6S. The Morgan fingerprint density at radius 1 is 1.03 bits per heavy atom. The molecule has 1 saturated heterocycles. The minimum Gasteiger partial charge on any atom is -0.489 e. The van der Waals surface area contributed by atoms with Gasteiger partial charge < -0.3 is 9.47 Å². The van der Waals surface area contributed by atoms with Crippen LogP contribution in [0.4, 0.5) is 11.4 Å². The number of nitro benzene ring substituents is 1. The van der Waals surface area contributed by atoms with E-state index in [1.54, 1.807) is 24.3 Å². The molecule has 10 heteroatoms. The minimum absolute atomic E-state index is 0.0962. The highest BCUT2D eigenvalue weighted by atomic mass is 32.1. The van der Waals surface area contributed by atoms with Gasteiger partial charge in [0.1, 0.15) is 29.4 Å². The lowest BCUT2D eigenvalue weighted by atomic mass is 10.1. The van der Waals surface area contributed by atoms with Gasteiger partial charge in [-0.1, -0.05) is 30.9 Å². The van der Waals surface area contributed by atoms with Crippen LogP contribution in [-0.4, -0.2) is 28.5 Å². The summed E-state index contributed by atoms with van der Waals surface area (Å²) in [5.41, 5.74) is 0.0948. The van der Waals surface area contributed by atoms with E-state index in [-0.39, 0.29) is 34.3 Å².